The maximum Gasteiger partial charge on any atom is -0.0354 e. The topological polar surface area (TPSA) is 0 Å². The summed E-state index contributed by atoms with van der Waals surface area (Å²) >= 11 is 0. The highest BCUT2D eigenvalue weighted by Crippen LogP contribution is 2.31. The first-order chi connectivity index (χ1) is 10.6. The molecule has 0 amide bonds. The molecule has 0 bridgehead atoms. The minimum absolute atomic E-state index is 0.531. The molecule has 0 aromatic carbocycles. The zero-order chi connectivity index (χ0) is 17.8. The molecule has 0 fully saturated rings. The predicted octanol–water partition coefficient (Wildman–Crippen LogP) is 8.79. The molecule has 0 nitrogen and oxygen atoms in total. The van der Waals surface area contributed by atoms with Crippen LogP contribution in [0.5, 0.6) is 0 Å². The van der Waals surface area contributed by atoms with Crippen LogP contribution in [-0.4, -0.2) is 0 Å². The first-order valence-electron chi connectivity index (χ1n) is 10.6. The Morgan fingerprint density at radius 1 is 0.522 bits per heavy atom. The maximum absolute atomic E-state index is 2.47. The van der Waals surface area contributed by atoms with Gasteiger partial charge in [-0.25, -0.2) is 0 Å². The average molecular weight is 325 g/mol. The molecule has 0 saturated carbocycles. The summed E-state index contributed by atoms with van der Waals surface area (Å²) in [6.07, 6.45) is 18.7. The van der Waals surface area contributed by atoms with Crippen molar-refractivity contribution < 1.29 is 0 Å². The Labute approximate surface area is 149 Å². The van der Waals surface area contributed by atoms with Crippen LogP contribution >= 0.6 is 0 Å². The Bertz CT molecular complexity index is 254. The van der Waals surface area contributed by atoms with Gasteiger partial charge in [0.15, 0.2) is 0 Å². The molecule has 0 heteroatoms. The maximum atomic E-state index is 2.47. The lowest BCUT2D eigenvalue weighted by Crippen LogP contribution is -2.12. The van der Waals surface area contributed by atoms with E-state index in [1.165, 1.54) is 83.5 Å². The normalized spacial score (nSPS) is 13.0. The zero-order valence-electron chi connectivity index (χ0n) is 17.8. The molecule has 0 atom stereocenters. The van der Waals surface area contributed by atoms with Gasteiger partial charge in [0.05, 0.1) is 0 Å². The van der Waals surface area contributed by atoms with Gasteiger partial charge in [0, 0.05) is 0 Å². The van der Waals surface area contributed by atoms with Gasteiger partial charge in [0.1, 0.15) is 0 Å². The Balaban J connectivity index is 3.33. The highest BCUT2D eigenvalue weighted by Gasteiger charge is 2.17. The molecule has 0 aliphatic heterocycles. The molecular formula is C23H48. The summed E-state index contributed by atoms with van der Waals surface area (Å²) in [5.41, 5.74) is 1.10. The Morgan fingerprint density at radius 3 is 1.30 bits per heavy atom. The molecular weight excluding hydrogens is 276 g/mol. The van der Waals surface area contributed by atoms with Crippen molar-refractivity contribution in [2.45, 2.75) is 132 Å². The van der Waals surface area contributed by atoms with Crippen molar-refractivity contribution in [2.75, 3.05) is 0 Å². The fraction of sp³-hybridized carbons (Fsp3) is 1.00. The van der Waals surface area contributed by atoms with Crippen LogP contribution in [0.3, 0.4) is 0 Å². The van der Waals surface area contributed by atoms with Crippen LogP contribution in [0.1, 0.15) is 132 Å². The molecule has 0 aromatic heterocycles. The summed E-state index contributed by atoms with van der Waals surface area (Å²) < 4.78 is 0. The van der Waals surface area contributed by atoms with E-state index in [1.807, 2.05) is 0 Å². The lowest BCUT2D eigenvalue weighted by molar-refractivity contribution is 0.271. The molecule has 0 N–H and O–H groups in total. The molecule has 0 aromatic rings. The molecule has 0 spiro atoms. The van der Waals surface area contributed by atoms with Gasteiger partial charge < -0.3 is 0 Å². The first-order valence-corrected chi connectivity index (χ1v) is 10.6. The van der Waals surface area contributed by atoms with Crippen molar-refractivity contribution in [1.82, 2.24) is 0 Å². The monoisotopic (exact) mass is 324 g/mol. The summed E-state index contributed by atoms with van der Waals surface area (Å²) in [5, 5.41) is 0. The summed E-state index contributed by atoms with van der Waals surface area (Å²) in [6, 6.07) is 0. The van der Waals surface area contributed by atoms with Crippen molar-refractivity contribution in [2.24, 2.45) is 16.7 Å². The van der Waals surface area contributed by atoms with Gasteiger partial charge in [-0.15, -0.1) is 0 Å². The molecule has 0 aliphatic carbocycles. The van der Waals surface area contributed by atoms with Crippen LogP contribution in [0.25, 0.3) is 0 Å². The first kappa shape index (κ1) is 23.0. The van der Waals surface area contributed by atoms with Crippen LogP contribution in [0.2, 0.25) is 0 Å². The van der Waals surface area contributed by atoms with Crippen LogP contribution in [-0.2, 0) is 0 Å². The summed E-state index contributed by atoms with van der Waals surface area (Å²) in [5.74, 6) is 0.859. The largest absolute Gasteiger partial charge is 0.0628 e. The molecule has 0 rings (SSSR count). The van der Waals surface area contributed by atoms with E-state index in [2.05, 4.69) is 48.5 Å². The van der Waals surface area contributed by atoms with Gasteiger partial charge in [-0.2, -0.15) is 0 Å². The number of rotatable bonds is 14. The fourth-order valence-electron chi connectivity index (χ4n) is 3.30. The van der Waals surface area contributed by atoms with Crippen LogP contribution in [0.15, 0.2) is 0 Å². The fourth-order valence-corrected chi connectivity index (χ4v) is 3.30. The van der Waals surface area contributed by atoms with Crippen LogP contribution in [0, 0.1) is 16.7 Å². The number of unbranched alkanes of at least 4 members (excludes halogenated alkanes) is 8. The molecule has 23 heavy (non-hydrogen) atoms. The Kier molecular flexibility index (Phi) is 12.4. The standard InChI is InChI=1S/C23H48/c1-21(2)17-20-23(6,7)19-16-14-12-10-8-9-11-13-15-18-22(3,4)5/h21H,8-20H2,1-7H3. The average Bonchev–Trinajstić information content (AvgIpc) is 2.41. The zero-order valence-corrected chi connectivity index (χ0v) is 17.8. The lowest BCUT2D eigenvalue weighted by Gasteiger charge is -2.25. The smallest absolute Gasteiger partial charge is 0.0354 e. The molecule has 0 saturated heterocycles. The third-order valence-electron chi connectivity index (χ3n) is 5.18. The van der Waals surface area contributed by atoms with Gasteiger partial charge in [-0.1, -0.05) is 113 Å². The molecule has 0 heterocycles. The molecule has 0 aliphatic rings. The van der Waals surface area contributed by atoms with Crippen molar-refractivity contribution in [1.29, 1.82) is 0 Å². The van der Waals surface area contributed by atoms with E-state index < -0.39 is 0 Å². The van der Waals surface area contributed by atoms with Crippen molar-refractivity contribution in [3.8, 4) is 0 Å². The highest BCUT2D eigenvalue weighted by molar-refractivity contribution is 4.69. The second kappa shape index (κ2) is 12.4. The van der Waals surface area contributed by atoms with E-state index in [9.17, 15) is 0 Å². The second-order valence-corrected chi connectivity index (χ2v) is 10.3. The molecule has 0 unspecified atom stereocenters. The van der Waals surface area contributed by atoms with Crippen molar-refractivity contribution >= 4 is 0 Å². The van der Waals surface area contributed by atoms with Crippen LogP contribution < -0.4 is 0 Å². The molecule has 0 radical (unpaired) electrons. The predicted molar refractivity (Wildman–Crippen MR) is 108 cm³/mol. The SMILES string of the molecule is CC(C)CCC(C)(C)CCCCCCCCCCCC(C)(C)C. The van der Waals surface area contributed by atoms with E-state index in [4.69, 9.17) is 0 Å². The van der Waals surface area contributed by atoms with Gasteiger partial charge in [-0.05, 0) is 36.0 Å². The highest BCUT2D eigenvalue weighted by atomic mass is 14.2. The lowest BCUT2D eigenvalue weighted by atomic mass is 9.81. The van der Waals surface area contributed by atoms with E-state index in [0.29, 0.717) is 10.8 Å². The second-order valence-electron chi connectivity index (χ2n) is 10.3. The minimum atomic E-state index is 0.531. The van der Waals surface area contributed by atoms with E-state index in [-0.39, 0.29) is 0 Å². The van der Waals surface area contributed by atoms with Crippen molar-refractivity contribution in [3.05, 3.63) is 0 Å². The third kappa shape index (κ3) is 18.2. The van der Waals surface area contributed by atoms with E-state index in [1.54, 1.807) is 0 Å². The quantitative estimate of drug-likeness (QED) is 0.280. The third-order valence-corrected chi connectivity index (χ3v) is 5.18. The Hall–Kier alpha value is 0. The van der Waals surface area contributed by atoms with Gasteiger partial charge in [0.25, 0.3) is 0 Å². The Morgan fingerprint density at radius 2 is 0.913 bits per heavy atom. The van der Waals surface area contributed by atoms with Crippen molar-refractivity contribution in [3.63, 3.8) is 0 Å². The number of hydrogen-bond acceptors (Lipinski definition) is 0. The van der Waals surface area contributed by atoms with Gasteiger partial charge >= 0.3 is 0 Å². The van der Waals surface area contributed by atoms with Crippen LogP contribution in [0.4, 0.5) is 0 Å². The summed E-state index contributed by atoms with van der Waals surface area (Å²) in [6.45, 7) is 16.7. The summed E-state index contributed by atoms with van der Waals surface area (Å²) in [7, 11) is 0. The number of hydrogen-bond donors (Lipinski definition) is 0. The molecule has 140 valence electrons. The summed E-state index contributed by atoms with van der Waals surface area (Å²) in [4.78, 5) is 0. The van der Waals surface area contributed by atoms with E-state index >= 15 is 0 Å². The van der Waals surface area contributed by atoms with Gasteiger partial charge in [-0.3, -0.25) is 0 Å². The minimum Gasteiger partial charge on any atom is -0.0628 e. The van der Waals surface area contributed by atoms with E-state index in [0.717, 1.165) is 5.92 Å². The van der Waals surface area contributed by atoms with Gasteiger partial charge in [0.2, 0.25) is 0 Å².